The van der Waals surface area contributed by atoms with E-state index in [1.807, 2.05) is 0 Å². The molecule has 1 heterocycles. The topological polar surface area (TPSA) is 133 Å². The lowest BCUT2D eigenvalue weighted by Crippen LogP contribution is -2.34. The normalized spacial score (nSPS) is 14.3. The van der Waals surface area contributed by atoms with Crippen LogP contribution >= 0.6 is 0 Å². The number of benzene rings is 1. The Morgan fingerprint density at radius 3 is 2.67 bits per heavy atom. The molecule has 0 spiro atoms. The Kier molecular flexibility index (Phi) is 3.85. The molecular formula is C12H11N3O6. The molecule has 0 fully saturated rings. The van der Waals surface area contributed by atoms with Gasteiger partial charge in [-0.25, -0.2) is 0 Å². The molecule has 1 aliphatic rings. The maximum atomic E-state index is 11.9. The SMILES string of the molecule is O=C1C=C(Nc2c(O)cccc2[N+](=O)[O-])C(=O)N1CCO. The molecule has 0 radical (unpaired) electrons. The molecule has 1 aliphatic heterocycles. The van der Waals surface area contributed by atoms with Crippen molar-refractivity contribution in [2.75, 3.05) is 18.5 Å². The second-order valence-corrected chi connectivity index (χ2v) is 4.13. The minimum absolute atomic E-state index is 0.178. The number of phenols is 1. The summed E-state index contributed by atoms with van der Waals surface area (Å²) in [6, 6.07) is 3.64. The first-order valence-corrected chi connectivity index (χ1v) is 5.87. The number of β-amino-alcohol motifs (C(OH)–C–C–N with tert-alkyl or cyclic N) is 1. The lowest BCUT2D eigenvalue weighted by molar-refractivity contribution is -0.384. The monoisotopic (exact) mass is 293 g/mol. The van der Waals surface area contributed by atoms with Crippen molar-refractivity contribution in [3.63, 3.8) is 0 Å². The van der Waals surface area contributed by atoms with Crippen LogP contribution < -0.4 is 5.32 Å². The third-order valence-corrected chi connectivity index (χ3v) is 2.81. The predicted molar refractivity (Wildman–Crippen MR) is 70.3 cm³/mol. The van der Waals surface area contributed by atoms with Crippen LogP contribution in [0.4, 0.5) is 11.4 Å². The first-order valence-electron chi connectivity index (χ1n) is 5.87. The Morgan fingerprint density at radius 1 is 1.33 bits per heavy atom. The van der Waals surface area contributed by atoms with E-state index in [0.29, 0.717) is 0 Å². The highest BCUT2D eigenvalue weighted by Gasteiger charge is 2.32. The van der Waals surface area contributed by atoms with E-state index in [9.17, 15) is 24.8 Å². The number of nitrogens with one attached hydrogen (secondary N) is 1. The standard InChI is InChI=1S/C12H11N3O6/c16-5-4-14-10(18)6-7(12(14)19)13-11-8(15(20)21)2-1-3-9(11)17/h1-3,6,13,16-17H,4-5H2. The fraction of sp³-hybridized carbons (Fsp3) is 0.167. The summed E-state index contributed by atoms with van der Waals surface area (Å²) < 4.78 is 0. The van der Waals surface area contributed by atoms with Crippen molar-refractivity contribution < 1.29 is 24.7 Å². The molecule has 3 N–H and O–H groups in total. The van der Waals surface area contributed by atoms with Crippen molar-refractivity contribution in [2.45, 2.75) is 0 Å². The molecule has 0 unspecified atom stereocenters. The minimum atomic E-state index is -0.730. The zero-order valence-electron chi connectivity index (χ0n) is 10.6. The predicted octanol–water partition coefficient (Wildman–Crippen LogP) is -0.0427. The summed E-state index contributed by atoms with van der Waals surface area (Å²) in [6.45, 7) is -0.572. The summed E-state index contributed by atoms with van der Waals surface area (Å²) in [6.07, 6.45) is 0.953. The summed E-state index contributed by atoms with van der Waals surface area (Å²) in [7, 11) is 0. The lowest BCUT2D eigenvalue weighted by Gasteiger charge is -2.13. The number of amides is 2. The number of imide groups is 1. The molecule has 0 aliphatic carbocycles. The first kappa shape index (κ1) is 14.5. The van der Waals surface area contributed by atoms with Crippen LogP contribution in [0.1, 0.15) is 0 Å². The maximum absolute atomic E-state index is 11.9. The third kappa shape index (κ3) is 2.67. The molecule has 0 atom stereocenters. The first-order chi connectivity index (χ1) is 9.95. The van der Waals surface area contributed by atoms with Crippen molar-refractivity contribution in [3.05, 3.63) is 40.1 Å². The van der Waals surface area contributed by atoms with E-state index >= 15 is 0 Å². The van der Waals surface area contributed by atoms with Crippen molar-refractivity contribution in [1.82, 2.24) is 4.90 Å². The van der Waals surface area contributed by atoms with Gasteiger partial charge in [-0.3, -0.25) is 24.6 Å². The van der Waals surface area contributed by atoms with Crippen molar-refractivity contribution in [1.29, 1.82) is 0 Å². The quantitative estimate of drug-likeness (QED) is 0.300. The molecule has 2 amide bonds. The third-order valence-electron chi connectivity index (χ3n) is 2.81. The molecule has 2 rings (SSSR count). The van der Waals surface area contributed by atoms with Crippen molar-refractivity contribution in [3.8, 4) is 5.75 Å². The Labute approximate surface area is 118 Å². The Morgan fingerprint density at radius 2 is 2.05 bits per heavy atom. The average molecular weight is 293 g/mol. The number of phenolic OH excluding ortho intramolecular Hbond substituents is 1. The number of aromatic hydroxyl groups is 1. The molecule has 9 nitrogen and oxygen atoms in total. The van der Waals surface area contributed by atoms with E-state index in [4.69, 9.17) is 5.11 Å². The van der Waals surface area contributed by atoms with Gasteiger partial charge in [0, 0.05) is 12.1 Å². The van der Waals surface area contributed by atoms with Gasteiger partial charge in [-0.1, -0.05) is 6.07 Å². The van der Waals surface area contributed by atoms with E-state index in [1.54, 1.807) is 0 Å². The number of nitro groups is 1. The highest BCUT2D eigenvalue weighted by atomic mass is 16.6. The Bertz CT molecular complexity index is 654. The minimum Gasteiger partial charge on any atom is -0.505 e. The Hall–Kier alpha value is -2.94. The van der Waals surface area contributed by atoms with Gasteiger partial charge >= 0.3 is 0 Å². The molecular weight excluding hydrogens is 282 g/mol. The number of hydrogen-bond acceptors (Lipinski definition) is 7. The fourth-order valence-electron chi connectivity index (χ4n) is 1.85. The van der Waals surface area contributed by atoms with Gasteiger partial charge in [0.1, 0.15) is 11.4 Å². The number of nitrogens with zero attached hydrogens (tertiary/aromatic N) is 2. The number of carbonyl (C=O) groups excluding carboxylic acids is 2. The summed E-state index contributed by atoms with van der Waals surface area (Å²) in [5.74, 6) is -1.80. The molecule has 1 aromatic rings. The largest absolute Gasteiger partial charge is 0.505 e. The highest BCUT2D eigenvalue weighted by molar-refractivity contribution is 6.17. The van der Waals surface area contributed by atoms with Crippen LogP contribution in [-0.2, 0) is 9.59 Å². The number of aliphatic hydroxyl groups excluding tert-OH is 1. The second-order valence-electron chi connectivity index (χ2n) is 4.13. The van der Waals surface area contributed by atoms with Gasteiger partial charge in [0.05, 0.1) is 18.1 Å². The highest BCUT2D eigenvalue weighted by Crippen LogP contribution is 2.34. The number of para-hydroxylation sites is 1. The van der Waals surface area contributed by atoms with Crippen LogP contribution in [0.15, 0.2) is 30.0 Å². The molecule has 110 valence electrons. The second kappa shape index (κ2) is 5.59. The fourth-order valence-corrected chi connectivity index (χ4v) is 1.85. The van der Waals surface area contributed by atoms with E-state index in [-0.39, 0.29) is 17.9 Å². The van der Waals surface area contributed by atoms with E-state index in [2.05, 4.69) is 5.32 Å². The molecule has 0 saturated carbocycles. The summed E-state index contributed by atoms with van der Waals surface area (Å²) in [5, 5.41) is 31.8. The van der Waals surface area contributed by atoms with Crippen LogP contribution in [0, 0.1) is 10.1 Å². The summed E-state index contributed by atoms with van der Waals surface area (Å²) in [4.78, 5) is 34.4. The molecule has 0 bridgehead atoms. The van der Waals surface area contributed by atoms with Crippen LogP contribution in [0.2, 0.25) is 0 Å². The zero-order valence-corrected chi connectivity index (χ0v) is 10.6. The van der Waals surface area contributed by atoms with Crippen molar-refractivity contribution >= 4 is 23.2 Å². The number of carbonyl (C=O) groups is 2. The average Bonchev–Trinajstić information content (AvgIpc) is 2.69. The van der Waals surface area contributed by atoms with Gasteiger partial charge in [-0.15, -0.1) is 0 Å². The van der Waals surface area contributed by atoms with Gasteiger partial charge in [0.2, 0.25) is 0 Å². The van der Waals surface area contributed by atoms with Gasteiger partial charge in [0.15, 0.2) is 5.69 Å². The smallest absolute Gasteiger partial charge is 0.296 e. The summed E-state index contributed by atoms with van der Waals surface area (Å²) >= 11 is 0. The van der Waals surface area contributed by atoms with Crippen LogP contribution in [-0.4, -0.2) is 45.0 Å². The van der Waals surface area contributed by atoms with Gasteiger partial charge < -0.3 is 15.5 Å². The van der Waals surface area contributed by atoms with Crippen LogP contribution in [0.25, 0.3) is 0 Å². The lowest BCUT2D eigenvalue weighted by atomic mass is 10.2. The van der Waals surface area contributed by atoms with Crippen LogP contribution in [0.3, 0.4) is 0 Å². The van der Waals surface area contributed by atoms with Gasteiger partial charge in [-0.2, -0.15) is 0 Å². The zero-order chi connectivity index (χ0) is 15.6. The van der Waals surface area contributed by atoms with E-state index in [0.717, 1.165) is 17.0 Å². The van der Waals surface area contributed by atoms with Gasteiger partial charge in [-0.05, 0) is 6.07 Å². The van der Waals surface area contributed by atoms with Crippen molar-refractivity contribution in [2.24, 2.45) is 0 Å². The number of anilines is 1. The van der Waals surface area contributed by atoms with Crippen LogP contribution in [0.5, 0.6) is 5.75 Å². The Balaban J connectivity index is 2.32. The number of hydrogen-bond donors (Lipinski definition) is 3. The maximum Gasteiger partial charge on any atom is 0.296 e. The molecule has 21 heavy (non-hydrogen) atoms. The molecule has 9 heteroatoms. The number of rotatable bonds is 5. The molecule has 0 saturated heterocycles. The number of aliphatic hydroxyl groups is 1. The number of nitro benzene ring substituents is 1. The molecule has 0 aromatic heterocycles. The summed E-state index contributed by atoms with van der Waals surface area (Å²) in [5.41, 5.74) is -0.921. The van der Waals surface area contributed by atoms with E-state index < -0.39 is 34.8 Å². The van der Waals surface area contributed by atoms with E-state index in [1.165, 1.54) is 12.1 Å². The van der Waals surface area contributed by atoms with Gasteiger partial charge in [0.25, 0.3) is 17.5 Å². The molecule has 1 aromatic carbocycles.